The zero-order chi connectivity index (χ0) is 27.5. The van der Waals surface area contributed by atoms with Crippen molar-refractivity contribution in [2.45, 2.75) is 25.7 Å². The fourth-order valence-corrected chi connectivity index (χ4v) is 5.27. The average Bonchev–Trinajstić information content (AvgIpc) is 3.72. The predicted molar refractivity (Wildman–Crippen MR) is 146 cm³/mol. The van der Waals surface area contributed by atoms with E-state index in [-0.39, 0.29) is 17.2 Å². The molecule has 1 saturated heterocycles. The van der Waals surface area contributed by atoms with Gasteiger partial charge in [-0.15, -0.1) is 0 Å². The van der Waals surface area contributed by atoms with Crippen molar-refractivity contribution in [3.05, 3.63) is 88.1 Å². The van der Waals surface area contributed by atoms with Crippen molar-refractivity contribution >= 4 is 40.7 Å². The molecule has 2 aromatic carbocycles. The SMILES string of the molecule is O=C(Nc1ccc(-n2ccccc2=O)cc1F)[C@@H]1C(C(=O)N2CCCCCC2)[C@@H]1C(=O)Nc1ccc(Cl)cc1. The number of nitrogens with one attached hydrogen (secondary N) is 2. The molecule has 1 unspecified atom stereocenters. The Kier molecular flexibility index (Phi) is 7.79. The fraction of sp³-hybridized carbons (Fsp3) is 0.310. The van der Waals surface area contributed by atoms with Crippen molar-refractivity contribution < 1.29 is 18.8 Å². The second-order valence-electron chi connectivity index (χ2n) is 9.88. The topological polar surface area (TPSA) is 101 Å². The fourth-order valence-electron chi connectivity index (χ4n) is 5.14. The number of amides is 3. The van der Waals surface area contributed by atoms with E-state index in [1.807, 2.05) is 0 Å². The van der Waals surface area contributed by atoms with E-state index in [0.29, 0.717) is 29.5 Å². The van der Waals surface area contributed by atoms with Crippen molar-refractivity contribution in [3.8, 4) is 5.69 Å². The molecule has 2 heterocycles. The number of rotatable bonds is 6. The number of hydrogen-bond donors (Lipinski definition) is 2. The standard InChI is InChI=1S/C29H28ClFN4O4/c30-18-8-10-19(11-9-18)32-27(37)24-25(26(24)29(39)34-14-4-1-2-5-15-34)28(38)33-22-13-12-20(17-21(22)31)35-16-6-3-7-23(35)36/h3,6-13,16-17,24-26H,1-2,4-5,14-15H2,(H,32,37)(H,33,38)/t24-,25+,26?/m1/s1. The van der Waals surface area contributed by atoms with Crippen LogP contribution in [0.4, 0.5) is 15.8 Å². The summed E-state index contributed by atoms with van der Waals surface area (Å²) in [5.74, 6) is -4.69. The molecule has 10 heteroatoms. The van der Waals surface area contributed by atoms with Gasteiger partial charge in [0.25, 0.3) is 5.56 Å². The Hall–Kier alpha value is -3.98. The highest BCUT2D eigenvalue weighted by atomic mass is 35.5. The molecular weight excluding hydrogens is 523 g/mol. The zero-order valence-corrected chi connectivity index (χ0v) is 21.9. The van der Waals surface area contributed by atoms with E-state index in [9.17, 15) is 23.6 Å². The first kappa shape index (κ1) is 26.6. The summed E-state index contributed by atoms with van der Waals surface area (Å²) in [6.45, 7) is 1.17. The van der Waals surface area contributed by atoms with Gasteiger partial charge in [0.1, 0.15) is 5.82 Å². The van der Waals surface area contributed by atoms with E-state index in [1.165, 1.54) is 29.0 Å². The lowest BCUT2D eigenvalue weighted by atomic mass is 10.2. The molecule has 1 aromatic heterocycles. The minimum atomic E-state index is -0.941. The molecule has 0 bridgehead atoms. The summed E-state index contributed by atoms with van der Waals surface area (Å²) < 4.78 is 16.3. The summed E-state index contributed by atoms with van der Waals surface area (Å²) in [6.07, 6.45) is 5.33. The molecule has 8 nitrogen and oxygen atoms in total. The highest BCUT2D eigenvalue weighted by Crippen LogP contribution is 2.49. The molecule has 3 amide bonds. The highest BCUT2D eigenvalue weighted by Gasteiger charge is 2.63. The lowest BCUT2D eigenvalue weighted by molar-refractivity contribution is -0.134. The number of aromatic nitrogens is 1. The Balaban J connectivity index is 1.35. The number of halogens is 2. The smallest absolute Gasteiger partial charge is 0.255 e. The molecule has 3 atom stereocenters. The van der Waals surface area contributed by atoms with Crippen LogP contribution in [0.1, 0.15) is 25.7 Å². The molecule has 2 N–H and O–H groups in total. The molecule has 0 radical (unpaired) electrons. The Morgan fingerprint density at radius 2 is 1.49 bits per heavy atom. The number of carbonyl (C=O) groups is 3. The molecular formula is C29H28ClFN4O4. The third-order valence-corrected chi connectivity index (χ3v) is 7.50. The predicted octanol–water partition coefficient (Wildman–Crippen LogP) is 4.47. The Bertz CT molecular complexity index is 1450. The van der Waals surface area contributed by atoms with Gasteiger partial charge in [0.2, 0.25) is 17.7 Å². The van der Waals surface area contributed by atoms with Crippen LogP contribution in [0.2, 0.25) is 5.02 Å². The number of hydrogen-bond acceptors (Lipinski definition) is 4. The van der Waals surface area contributed by atoms with Crippen LogP contribution in [-0.2, 0) is 14.4 Å². The number of nitrogens with zero attached hydrogens (tertiary/aromatic N) is 2. The van der Waals surface area contributed by atoms with Gasteiger partial charge in [-0.1, -0.05) is 30.5 Å². The number of likely N-dealkylation sites (tertiary alicyclic amines) is 1. The van der Waals surface area contributed by atoms with E-state index in [4.69, 9.17) is 11.6 Å². The zero-order valence-electron chi connectivity index (χ0n) is 21.1. The molecule has 0 spiro atoms. The summed E-state index contributed by atoms with van der Waals surface area (Å²) >= 11 is 5.93. The minimum absolute atomic E-state index is 0.0996. The monoisotopic (exact) mass is 550 g/mol. The van der Waals surface area contributed by atoms with Crippen LogP contribution in [0.15, 0.2) is 71.7 Å². The molecule has 2 fully saturated rings. The molecule has 39 heavy (non-hydrogen) atoms. The van der Waals surface area contributed by atoms with Gasteiger partial charge in [-0.2, -0.15) is 0 Å². The van der Waals surface area contributed by atoms with Crippen LogP contribution in [0.3, 0.4) is 0 Å². The van der Waals surface area contributed by atoms with Crippen LogP contribution in [0, 0.1) is 23.6 Å². The van der Waals surface area contributed by atoms with E-state index in [1.54, 1.807) is 41.3 Å². The van der Waals surface area contributed by atoms with Crippen molar-refractivity contribution in [1.29, 1.82) is 0 Å². The van der Waals surface area contributed by atoms with Crippen LogP contribution < -0.4 is 16.2 Å². The normalized spacial score (nSPS) is 20.6. The van der Waals surface area contributed by atoms with Crippen molar-refractivity contribution in [2.75, 3.05) is 23.7 Å². The number of pyridine rings is 1. The Morgan fingerprint density at radius 3 is 2.13 bits per heavy atom. The molecule has 1 aliphatic carbocycles. The molecule has 2 aliphatic rings. The summed E-state index contributed by atoms with van der Waals surface area (Å²) in [5.41, 5.74) is 0.375. The lowest BCUT2D eigenvalue weighted by Crippen LogP contribution is -2.35. The largest absolute Gasteiger partial charge is 0.342 e. The third-order valence-electron chi connectivity index (χ3n) is 7.25. The van der Waals surface area contributed by atoms with Gasteiger partial charge in [0.15, 0.2) is 0 Å². The van der Waals surface area contributed by atoms with Crippen LogP contribution in [0.5, 0.6) is 0 Å². The lowest BCUT2D eigenvalue weighted by Gasteiger charge is -2.20. The van der Waals surface area contributed by atoms with Gasteiger partial charge in [0, 0.05) is 42.1 Å². The van der Waals surface area contributed by atoms with Crippen molar-refractivity contribution in [3.63, 3.8) is 0 Å². The summed E-state index contributed by atoms with van der Waals surface area (Å²) in [5, 5.41) is 5.83. The molecule has 202 valence electrons. The Morgan fingerprint density at radius 1 is 0.821 bits per heavy atom. The number of benzene rings is 2. The summed E-state index contributed by atoms with van der Waals surface area (Å²) in [6, 6.07) is 15.1. The van der Waals surface area contributed by atoms with E-state index >= 15 is 0 Å². The van der Waals surface area contributed by atoms with Gasteiger partial charge in [0.05, 0.1) is 29.1 Å². The highest BCUT2D eigenvalue weighted by molar-refractivity contribution is 6.30. The van der Waals surface area contributed by atoms with Gasteiger partial charge >= 0.3 is 0 Å². The summed E-state index contributed by atoms with van der Waals surface area (Å²) in [4.78, 5) is 53.8. The van der Waals surface area contributed by atoms with Crippen molar-refractivity contribution in [2.24, 2.45) is 17.8 Å². The van der Waals surface area contributed by atoms with Gasteiger partial charge in [-0.3, -0.25) is 23.7 Å². The second-order valence-corrected chi connectivity index (χ2v) is 10.3. The molecule has 1 aliphatic heterocycles. The van der Waals surface area contributed by atoms with Crippen LogP contribution in [0.25, 0.3) is 5.69 Å². The van der Waals surface area contributed by atoms with Crippen LogP contribution >= 0.6 is 11.6 Å². The van der Waals surface area contributed by atoms with Gasteiger partial charge < -0.3 is 15.5 Å². The van der Waals surface area contributed by atoms with Gasteiger partial charge in [-0.25, -0.2) is 4.39 Å². The first-order chi connectivity index (χ1) is 18.8. The number of anilines is 2. The second kappa shape index (κ2) is 11.4. The minimum Gasteiger partial charge on any atom is -0.342 e. The number of carbonyl (C=O) groups excluding carboxylic acids is 3. The maximum absolute atomic E-state index is 15.0. The first-order valence-electron chi connectivity index (χ1n) is 13.0. The molecule has 1 saturated carbocycles. The maximum Gasteiger partial charge on any atom is 0.255 e. The van der Waals surface area contributed by atoms with Crippen LogP contribution in [-0.4, -0.2) is 40.3 Å². The first-order valence-corrected chi connectivity index (χ1v) is 13.3. The maximum atomic E-state index is 15.0. The molecule has 5 rings (SSSR count). The molecule has 3 aromatic rings. The Labute approximate surface area is 229 Å². The third kappa shape index (κ3) is 5.88. The van der Waals surface area contributed by atoms with Crippen molar-refractivity contribution in [1.82, 2.24) is 9.47 Å². The quantitative estimate of drug-likeness (QED) is 0.473. The van der Waals surface area contributed by atoms with Gasteiger partial charge in [-0.05, 0) is 55.3 Å². The summed E-state index contributed by atoms with van der Waals surface area (Å²) in [7, 11) is 0. The van der Waals surface area contributed by atoms with E-state index in [0.717, 1.165) is 31.7 Å². The average molecular weight is 551 g/mol. The van der Waals surface area contributed by atoms with E-state index < -0.39 is 35.4 Å². The van der Waals surface area contributed by atoms with E-state index in [2.05, 4.69) is 10.6 Å².